The molecule has 1 aromatic carbocycles. The first-order valence-electron chi connectivity index (χ1n) is 5.26. The van der Waals surface area contributed by atoms with E-state index in [1.165, 1.54) is 24.4 Å². The van der Waals surface area contributed by atoms with Crippen LogP contribution in [0.1, 0.15) is 15.9 Å². The third kappa shape index (κ3) is 2.65. The Labute approximate surface area is 109 Å². The lowest BCUT2D eigenvalue weighted by Crippen LogP contribution is -2.13. The lowest BCUT2D eigenvalue weighted by molar-refractivity contribution is 0.102. The number of halogens is 2. The normalized spacial score (nSPS) is 10.2. The molecule has 2 rings (SSSR count). The van der Waals surface area contributed by atoms with Crippen molar-refractivity contribution in [1.82, 2.24) is 4.98 Å². The minimum absolute atomic E-state index is 0.00916. The van der Waals surface area contributed by atoms with Crippen molar-refractivity contribution >= 4 is 23.2 Å². The SMILES string of the molecule is Cc1cc(NC(=O)c2ccccc2F)cnc1Cl. The summed E-state index contributed by atoms with van der Waals surface area (Å²) < 4.78 is 13.4. The van der Waals surface area contributed by atoms with E-state index in [2.05, 4.69) is 10.3 Å². The molecule has 0 bridgehead atoms. The van der Waals surface area contributed by atoms with Gasteiger partial charge in [-0.3, -0.25) is 4.79 Å². The van der Waals surface area contributed by atoms with Gasteiger partial charge < -0.3 is 5.32 Å². The van der Waals surface area contributed by atoms with Gasteiger partial charge in [0.05, 0.1) is 17.4 Å². The number of benzene rings is 1. The van der Waals surface area contributed by atoms with Crippen molar-refractivity contribution in [2.75, 3.05) is 5.32 Å². The van der Waals surface area contributed by atoms with E-state index in [1.54, 1.807) is 19.1 Å². The molecule has 92 valence electrons. The molecular formula is C13H10ClFN2O. The lowest BCUT2D eigenvalue weighted by atomic mass is 10.2. The van der Waals surface area contributed by atoms with Gasteiger partial charge in [0.1, 0.15) is 11.0 Å². The molecule has 2 aromatic rings. The summed E-state index contributed by atoms with van der Waals surface area (Å²) in [7, 11) is 0. The van der Waals surface area contributed by atoms with E-state index in [-0.39, 0.29) is 5.56 Å². The van der Waals surface area contributed by atoms with E-state index in [4.69, 9.17) is 11.6 Å². The fourth-order valence-corrected chi connectivity index (χ4v) is 1.57. The summed E-state index contributed by atoms with van der Waals surface area (Å²) in [6, 6.07) is 7.46. The number of nitrogens with zero attached hydrogens (tertiary/aromatic N) is 1. The highest BCUT2D eigenvalue weighted by molar-refractivity contribution is 6.30. The molecule has 0 fully saturated rings. The van der Waals surface area contributed by atoms with Crippen LogP contribution < -0.4 is 5.32 Å². The van der Waals surface area contributed by atoms with Crippen LogP contribution in [0, 0.1) is 12.7 Å². The number of rotatable bonds is 2. The largest absolute Gasteiger partial charge is 0.320 e. The first-order chi connectivity index (χ1) is 8.58. The summed E-state index contributed by atoms with van der Waals surface area (Å²) in [5.41, 5.74) is 1.21. The van der Waals surface area contributed by atoms with Crippen LogP contribution in [-0.4, -0.2) is 10.9 Å². The molecule has 0 saturated heterocycles. The molecule has 0 aliphatic carbocycles. The monoisotopic (exact) mass is 264 g/mol. The molecule has 0 atom stereocenters. The number of carbonyl (C=O) groups excluding carboxylic acids is 1. The van der Waals surface area contributed by atoms with Crippen LogP contribution in [0.25, 0.3) is 0 Å². The Morgan fingerprint density at radius 1 is 1.39 bits per heavy atom. The van der Waals surface area contributed by atoms with E-state index in [0.717, 1.165) is 5.56 Å². The highest BCUT2D eigenvalue weighted by Crippen LogP contribution is 2.17. The number of amides is 1. The smallest absolute Gasteiger partial charge is 0.258 e. The minimum Gasteiger partial charge on any atom is -0.320 e. The second-order valence-corrected chi connectivity index (χ2v) is 4.12. The van der Waals surface area contributed by atoms with Crippen LogP contribution in [0.3, 0.4) is 0 Å². The summed E-state index contributed by atoms with van der Waals surface area (Å²) >= 11 is 5.78. The minimum atomic E-state index is -0.561. The molecular weight excluding hydrogens is 255 g/mol. The predicted molar refractivity (Wildman–Crippen MR) is 68.3 cm³/mol. The van der Waals surface area contributed by atoms with Gasteiger partial charge in [0.25, 0.3) is 5.91 Å². The lowest BCUT2D eigenvalue weighted by Gasteiger charge is -2.06. The molecule has 1 heterocycles. The Balaban J connectivity index is 2.22. The van der Waals surface area contributed by atoms with Crippen molar-refractivity contribution in [2.45, 2.75) is 6.92 Å². The van der Waals surface area contributed by atoms with Gasteiger partial charge in [-0.05, 0) is 30.7 Å². The molecule has 18 heavy (non-hydrogen) atoms. The van der Waals surface area contributed by atoms with E-state index in [1.807, 2.05) is 0 Å². The van der Waals surface area contributed by atoms with Crippen LogP contribution in [0.4, 0.5) is 10.1 Å². The van der Waals surface area contributed by atoms with Gasteiger partial charge in [-0.2, -0.15) is 0 Å². The summed E-state index contributed by atoms with van der Waals surface area (Å²) in [5, 5.41) is 2.94. The predicted octanol–water partition coefficient (Wildman–Crippen LogP) is 3.43. The van der Waals surface area contributed by atoms with Gasteiger partial charge in [-0.25, -0.2) is 9.37 Å². The van der Waals surface area contributed by atoms with Gasteiger partial charge in [0.2, 0.25) is 0 Å². The Bertz CT molecular complexity index is 601. The van der Waals surface area contributed by atoms with E-state index in [0.29, 0.717) is 10.8 Å². The van der Waals surface area contributed by atoms with Crippen molar-refractivity contribution < 1.29 is 9.18 Å². The zero-order chi connectivity index (χ0) is 13.1. The average molecular weight is 265 g/mol. The van der Waals surface area contributed by atoms with Crippen LogP contribution in [-0.2, 0) is 0 Å². The van der Waals surface area contributed by atoms with Gasteiger partial charge in [0, 0.05) is 0 Å². The van der Waals surface area contributed by atoms with Crippen LogP contribution in [0.2, 0.25) is 5.15 Å². The molecule has 5 heteroatoms. The fourth-order valence-electron chi connectivity index (χ4n) is 1.47. The Morgan fingerprint density at radius 2 is 2.11 bits per heavy atom. The maximum Gasteiger partial charge on any atom is 0.258 e. The van der Waals surface area contributed by atoms with Crippen molar-refractivity contribution in [3.8, 4) is 0 Å². The summed E-state index contributed by atoms with van der Waals surface area (Å²) in [6.45, 7) is 1.77. The molecule has 1 aromatic heterocycles. The summed E-state index contributed by atoms with van der Waals surface area (Å²) in [4.78, 5) is 15.7. The molecule has 0 unspecified atom stereocenters. The van der Waals surface area contributed by atoms with E-state index >= 15 is 0 Å². The zero-order valence-corrected chi connectivity index (χ0v) is 10.3. The van der Waals surface area contributed by atoms with Crippen molar-refractivity contribution in [3.63, 3.8) is 0 Å². The second-order valence-electron chi connectivity index (χ2n) is 3.77. The maximum absolute atomic E-state index is 13.4. The highest BCUT2D eigenvalue weighted by atomic mass is 35.5. The van der Waals surface area contributed by atoms with Crippen molar-refractivity contribution in [3.05, 3.63) is 58.6 Å². The Kier molecular flexibility index (Phi) is 3.58. The van der Waals surface area contributed by atoms with E-state index < -0.39 is 11.7 Å². The maximum atomic E-state index is 13.4. The standard InChI is InChI=1S/C13H10ClFN2O/c1-8-6-9(7-16-12(8)14)17-13(18)10-4-2-3-5-11(10)15/h2-7H,1H3,(H,17,18). The molecule has 0 spiro atoms. The van der Waals surface area contributed by atoms with Crippen LogP contribution >= 0.6 is 11.6 Å². The van der Waals surface area contributed by atoms with Gasteiger partial charge in [-0.15, -0.1) is 0 Å². The highest BCUT2D eigenvalue weighted by Gasteiger charge is 2.11. The number of pyridine rings is 1. The third-order valence-corrected chi connectivity index (χ3v) is 2.79. The molecule has 0 aliphatic heterocycles. The number of aryl methyl sites for hydroxylation is 1. The van der Waals surface area contributed by atoms with E-state index in [9.17, 15) is 9.18 Å². The van der Waals surface area contributed by atoms with Crippen LogP contribution in [0.15, 0.2) is 36.5 Å². The Hall–Kier alpha value is -1.94. The number of anilines is 1. The van der Waals surface area contributed by atoms with Gasteiger partial charge in [-0.1, -0.05) is 23.7 Å². The molecule has 0 aliphatic rings. The Morgan fingerprint density at radius 3 is 2.78 bits per heavy atom. The molecule has 3 nitrogen and oxygen atoms in total. The zero-order valence-electron chi connectivity index (χ0n) is 9.58. The number of carbonyl (C=O) groups is 1. The average Bonchev–Trinajstić information content (AvgIpc) is 2.34. The second kappa shape index (κ2) is 5.14. The first kappa shape index (κ1) is 12.5. The van der Waals surface area contributed by atoms with Gasteiger partial charge in [0.15, 0.2) is 0 Å². The van der Waals surface area contributed by atoms with Crippen LogP contribution in [0.5, 0.6) is 0 Å². The number of hydrogen-bond donors (Lipinski definition) is 1. The molecule has 1 amide bonds. The fraction of sp³-hybridized carbons (Fsp3) is 0.0769. The van der Waals surface area contributed by atoms with Gasteiger partial charge >= 0.3 is 0 Å². The molecule has 0 radical (unpaired) electrons. The first-order valence-corrected chi connectivity index (χ1v) is 5.64. The topological polar surface area (TPSA) is 42.0 Å². The summed E-state index contributed by atoms with van der Waals surface area (Å²) in [6.07, 6.45) is 1.42. The molecule has 0 saturated carbocycles. The summed E-state index contributed by atoms with van der Waals surface area (Å²) in [5.74, 6) is -1.08. The number of hydrogen-bond acceptors (Lipinski definition) is 2. The quantitative estimate of drug-likeness (QED) is 0.845. The van der Waals surface area contributed by atoms with Crippen molar-refractivity contribution in [1.29, 1.82) is 0 Å². The molecule has 1 N–H and O–H groups in total. The third-order valence-electron chi connectivity index (χ3n) is 2.39. The van der Waals surface area contributed by atoms with Crippen molar-refractivity contribution in [2.24, 2.45) is 0 Å². The number of aromatic nitrogens is 1. The number of nitrogens with one attached hydrogen (secondary N) is 1.